The van der Waals surface area contributed by atoms with Crippen LogP contribution >= 0.6 is 23.5 Å². The van der Waals surface area contributed by atoms with Crippen molar-refractivity contribution in [3.63, 3.8) is 0 Å². The predicted octanol–water partition coefficient (Wildman–Crippen LogP) is 22.2. The number of hydrogen-bond donors (Lipinski definition) is 0. The average Bonchev–Trinajstić information content (AvgIpc) is 3.49. The highest BCUT2D eigenvalue weighted by molar-refractivity contribution is 8.00. The molecule has 0 aliphatic carbocycles. The maximum Gasteiger partial charge on any atom is 0.0553 e. The van der Waals surface area contributed by atoms with Crippen LogP contribution in [0.2, 0.25) is 0 Å². The maximum absolute atomic E-state index is 2.57. The monoisotopic (exact) mass is 1020 g/mol. The number of rotatable bonds is 19. The minimum Gasteiger partial charge on any atom is -0.340 e. The molecule has 76 heavy (non-hydrogen) atoms. The van der Waals surface area contributed by atoms with Crippen molar-refractivity contribution < 1.29 is 0 Å². The molecule has 2 aliphatic rings. The molecule has 10 aromatic carbocycles. The zero-order valence-electron chi connectivity index (χ0n) is 44.2. The van der Waals surface area contributed by atoms with Gasteiger partial charge in [0.2, 0.25) is 0 Å². The lowest BCUT2D eigenvalue weighted by Gasteiger charge is -2.33. The summed E-state index contributed by atoms with van der Waals surface area (Å²) in [7, 11) is 0. The number of benzene rings is 10. The van der Waals surface area contributed by atoms with Crippen LogP contribution in [0.15, 0.2) is 202 Å². The van der Waals surface area contributed by atoms with Crippen LogP contribution in [0.3, 0.4) is 0 Å². The van der Waals surface area contributed by atoms with E-state index in [0.29, 0.717) is 0 Å². The molecule has 0 spiro atoms. The zero-order valence-corrected chi connectivity index (χ0v) is 45.9. The Morgan fingerprint density at radius 1 is 0.303 bits per heavy atom. The normalized spacial score (nSPS) is 13.1. The summed E-state index contributed by atoms with van der Waals surface area (Å²) in [4.78, 5) is 10.5. The summed E-state index contributed by atoms with van der Waals surface area (Å²) in [6, 6.07) is 68.5. The number of unbranched alkanes of at least 4 members (excludes halogenated alkanes) is 10. The minimum absolute atomic E-state index is 1.04. The summed E-state index contributed by atoms with van der Waals surface area (Å²) in [5.74, 6) is 0. The van der Waals surface area contributed by atoms with Gasteiger partial charge in [-0.1, -0.05) is 259 Å². The highest BCUT2D eigenvalue weighted by Gasteiger charge is 2.26. The molecular weight excluding hydrogens is 957 g/mol. The fourth-order valence-electron chi connectivity index (χ4n) is 12.1. The molecular formula is C72H68N2S2. The second kappa shape index (κ2) is 23.1. The quantitative estimate of drug-likeness (QED) is 0.0452. The molecule has 10 aromatic rings. The Balaban J connectivity index is 0.902. The number of hydrogen-bond acceptors (Lipinski definition) is 4. The van der Waals surface area contributed by atoms with Crippen molar-refractivity contribution in [2.45, 2.75) is 110 Å². The van der Waals surface area contributed by atoms with E-state index in [1.54, 1.807) is 0 Å². The van der Waals surface area contributed by atoms with E-state index >= 15 is 0 Å². The third kappa shape index (κ3) is 9.99. The van der Waals surface area contributed by atoms with Crippen LogP contribution < -0.4 is 9.80 Å². The van der Waals surface area contributed by atoms with Crippen LogP contribution in [-0.4, -0.2) is 13.1 Å². The molecule has 0 bridgehead atoms. The van der Waals surface area contributed by atoms with E-state index < -0.39 is 0 Å². The highest BCUT2D eigenvalue weighted by Crippen LogP contribution is 2.51. The molecule has 4 heteroatoms. The first kappa shape index (κ1) is 49.9. The van der Waals surface area contributed by atoms with Crippen LogP contribution in [0, 0.1) is 0 Å². The average molecular weight is 1030 g/mol. The topological polar surface area (TPSA) is 6.48 Å². The third-order valence-electron chi connectivity index (χ3n) is 15.9. The third-order valence-corrected chi connectivity index (χ3v) is 18.1. The molecule has 0 saturated heterocycles. The van der Waals surface area contributed by atoms with E-state index in [1.165, 1.54) is 196 Å². The van der Waals surface area contributed by atoms with E-state index in [2.05, 4.69) is 230 Å². The number of anilines is 4. The van der Waals surface area contributed by atoms with Crippen LogP contribution in [0.5, 0.6) is 0 Å². The number of para-hydroxylation sites is 2. The zero-order chi connectivity index (χ0) is 51.2. The second-order valence-electron chi connectivity index (χ2n) is 20.9. The van der Waals surface area contributed by atoms with Crippen molar-refractivity contribution in [1.82, 2.24) is 0 Å². The summed E-state index contributed by atoms with van der Waals surface area (Å²) in [5.41, 5.74) is 12.8. The summed E-state index contributed by atoms with van der Waals surface area (Å²) in [6.07, 6.45) is 25.0. The number of nitrogens with zero attached hydrogens (tertiary/aromatic N) is 2. The summed E-state index contributed by atoms with van der Waals surface area (Å²) < 4.78 is 0. The molecule has 0 saturated carbocycles. The van der Waals surface area contributed by atoms with Gasteiger partial charge < -0.3 is 9.80 Å². The molecule has 0 radical (unpaired) electrons. The molecule has 0 atom stereocenters. The van der Waals surface area contributed by atoms with E-state index in [0.717, 1.165) is 13.1 Å². The Hall–Kier alpha value is -6.98. The Bertz CT molecular complexity index is 3430. The SMILES string of the molecule is CCCCCCCCN1c2ccccc2Sc2cc(/C=C/c3c4ccccc4c(-c4c5ccccc5c(/C=C/c5ccc6c(c5)Sc5ccccc5N6CCCCCCCC)c5ccccc45)c4ccccc34)ccc21. The van der Waals surface area contributed by atoms with Gasteiger partial charge in [0, 0.05) is 32.7 Å². The van der Waals surface area contributed by atoms with Crippen molar-refractivity contribution in [3.05, 3.63) is 204 Å². The Kier molecular flexibility index (Phi) is 15.2. The van der Waals surface area contributed by atoms with Gasteiger partial charge in [-0.15, -0.1) is 0 Å². The molecule has 0 amide bonds. The smallest absolute Gasteiger partial charge is 0.0553 e. The van der Waals surface area contributed by atoms with Gasteiger partial charge in [0.15, 0.2) is 0 Å². The largest absolute Gasteiger partial charge is 0.340 e. The van der Waals surface area contributed by atoms with Crippen molar-refractivity contribution in [2.75, 3.05) is 22.9 Å². The first-order valence-electron chi connectivity index (χ1n) is 28.3. The van der Waals surface area contributed by atoms with Gasteiger partial charge in [0.05, 0.1) is 22.7 Å². The highest BCUT2D eigenvalue weighted by atomic mass is 32.2. The molecule has 2 aliphatic heterocycles. The van der Waals surface area contributed by atoms with Gasteiger partial charge >= 0.3 is 0 Å². The molecule has 0 N–H and O–H groups in total. The molecule has 378 valence electrons. The van der Waals surface area contributed by atoms with Crippen molar-refractivity contribution >= 4 is 114 Å². The van der Waals surface area contributed by atoms with Gasteiger partial charge in [-0.3, -0.25) is 0 Å². The predicted molar refractivity (Wildman–Crippen MR) is 335 cm³/mol. The number of fused-ring (bicyclic) bond motifs is 8. The lowest BCUT2D eigenvalue weighted by molar-refractivity contribution is 0.608. The van der Waals surface area contributed by atoms with Gasteiger partial charge in [-0.25, -0.2) is 0 Å². The van der Waals surface area contributed by atoms with Gasteiger partial charge in [0.1, 0.15) is 0 Å². The Labute approximate surface area is 459 Å². The van der Waals surface area contributed by atoms with E-state index in [1.807, 2.05) is 23.5 Å². The Morgan fingerprint density at radius 3 is 1.00 bits per heavy atom. The van der Waals surface area contributed by atoms with Crippen molar-refractivity contribution in [3.8, 4) is 11.1 Å². The second-order valence-corrected chi connectivity index (χ2v) is 23.0. The standard InChI is InChI=1S/C72H68N2S2/c1-3-5-7-9-11-25-47-73-63-35-21-23-37-67(63)75-69-49-51(41-45-65(69)73)39-43-57-53-27-13-17-31-59(53)71(60-32-18-14-28-54(57)60)72-61-33-19-15-29-55(61)58(56-30-16-20-34-62(56)72)44-40-52-42-46-66-70(50-52)76-68-38-24-22-36-64(68)74(66)48-26-12-10-8-6-4-2/h13-24,27-46,49-50H,3-12,25-26,47-48H2,1-2H3/b43-39+,44-40+. The first-order valence-corrected chi connectivity index (χ1v) is 29.9. The fourth-order valence-corrected chi connectivity index (χ4v) is 14.4. The van der Waals surface area contributed by atoms with E-state index in [-0.39, 0.29) is 0 Å². The Morgan fingerprint density at radius 2 is 0.618 bits per heavy atom. The fraction of sp³-hybridized carbons (Fsp3) is 0.222. The molecule has 0 aromatic heterocycles. The van der Waals surface area contributed by atoms with Crippen LogP contribution in [0.4, 0.5) is 22.7 Å². The summed E-state index contributed by atoms with van der Waals surface area (Å²) in [5, 5.41) is 10.1. The van der Waals surface area contributed by atoms with Gasteiger partial charge in [0.25, 0.3) is 0 Å². The van der Waals surface area contributed by atoms with E-state index in [4.69, 9.17) is 0 Å². The summed E-state index contributed by atoms with van der Waals surface area (Å²) in [6.45, 7) is 6.68. The van der Waals surface area contributed by atoms with Crippen molar-refractivity contribution in [2.24, 2.45) is 0 Å². The van der Waals surface area contributed by atoms with Crippen LogP contribution in [0.1, 0.15) is 113 Å². The lowest BCUT2D eigenvalue weighted by atomic mass is 9.82. The maximum atomic E-state index is 2.57. The van der Waals surface area contributed by atoms with Crippen molar-refractivity contribution in [1.29, 1.82) is 0 Å². The van der Waals surface area contributed by atoms with Gasteiger partial charge in [-0.05, 0) is 138 Å². The molecule has 2 nitrogen and oxygen atoms in total. The first-order chi connectivity index (χ1) is 37.7. The lowest BCUT2D eigenvalue weighted by Crippen LogP contribution is -2.22. The van der Waals surface area contributed by atoms with E-state index in [9.17, 15) is 0 Å². The summed E-state index contributed by atoms with van der Waals surface area (Å²) >= 11 is 3.81. The molecule has 0 unspecified atom stereocenters. The molecule has 12 rings (SSSR count). The minimum atomic E-state index is 1.04. The molecule has 2 heterocycles. The molecule has 0 fully saturated rings. The van der Waals surface area contributed by atoms with Crippen LogP contribution in [0.25, 0.3) is 78.5 Å². The van der Waals surface area contributed by atoms with Gasteiger partial charge in [-0.2, -0.15) is 0 Å². The van der Waals surface area contributed by atoms with Crippen LogP contribution in [-0.2, 0) is 0 Å².